The van der Waals surface area contributed by atoms with Crippen molar-refractivity contribution in [1.82, 2.24) is 15.5 Å². The summed E-state index contributed by atoms with van der Waals surface area (Å²) in [6, 6.07) is 0.546. The highest BCUT2D eigenvalue weighted by Crippen LogP contribution is 2.17. The van der Waals surface area contributed by atoms with Crippen LogP contribution < -0.4 is 10.6 Å². The monoisotopic (exact) mass is 396 g/mol. The summed E-state index contributed by atoms with van der Waals surface area (Å²) in [5.41, 5.74) is 0. The van der Waals surface area contributed by atoms with E-state index in [1.165, 1.54) is 25.9 Å². The number of hydrogen-bond acceptors (Lipinski definition) is 2. The molecule has 1 fully saturated rings. The van der Waals surface area contributed by atoms with E-state index in [9.17, 15) is 0 Å². The van der Waals surface area contributed by atoms with Gasteiger partial charge in [-0.05, 0) is 52.1 Å². The van der Waals surface area contributed by atoms with Gasteiger partial charge in [0.1, 0.15) is 0 Å². The number of rotatable bonds is 6. The minimum Gasteiger partial charge on any atom is -0.357 e. The number of halogens is 1. The van der Waals surface area contributed by atoms with Gasteiger partial charge < -0.3 is 10.6 Å². The normalized spacial score (nSPS) is 19.3. The molecule has 0 amide bonds. The van der Waals surface area contributed by atoms with Crippen LogP contribution in [0.3, 0.4) is 0 Å². The third kappa shape index (κ3) is 7.67. The molecule has 0 saturated carbocycles. The Morgan fingerprint density at radius 3 is 2.45 bits per heavy atom. The van der Waals surface area contributed by atoms with Gasteiger partial charge in [-0.3, -0.25) is 9.89 Å². The Hall–Kier alpha value is -0.0400. The third-order valence-corrected chi connectivity index (χ3v) is 3.84. The number of hydrogen-bond donors (Lipinski definition) is 2. The maximum absolute atomic E-state index is 4.70. The Morgan fingerprint density at radius 2 is 1.90 bits per heavy atom. The van der Waals surface area contributed by atoms with Gasteiger partial charge in [-0.1, -0.05) is 13.8 Å². The smallest absolute Gasteiger partial charge is 0.191 e. The second-order valence-electron chi connectivity index (χ2n) is 5.71. The fourth-order valence-corrected chi connectivity index (χ4v) is 2.39. The van der Waals surface area contributed by atoms with Gasteiger partial charge in [0.2, 0.25) is 0 Å². The van der Waals surface area contributed by atoms with E-state index in [0.717, 1.165) is 37.9 Å². The fourth-order valence-electron chi connectivity index (χ4n) is 2.39. The van der Waals surface area contributed by atoms with E-state index in [-0.39, 0.29) is 24.0 Å². The second-order valence-corrected chi connectivity index (χ2v) is 5.71. The molecule has 1 aliphatic heterocycles. The summed E-state index contributed by atoms with van der Waals surface area (Å²) in [6.45, 7) is 14.2. The Bertz CT molecular complexity index is 263. The van der Waals surface area contributed by atoms with E-state index in [0.29, 0.717) is 6.04 Å². The molecule has 4 nitrogen and oxygen atoms in total. The zero-order chi connectivity index (χ0) is 14.1. The molecule has 1 atom stereocenters. The average Bonchev–Trinajstić information content (AvgIpc) is 2.42. The number of likely N-dealkylation sites (tertiary alicyclic amines) is 1. The maximum atomic E-state index is 4.70. The fraction of sp³-hybridized carbons (Fsp3) is 0.933. The minimum atomic E-state index is 0. The van der Waals surface area contributed by atoms with Gasteiger partial charge in [0.05, 0.1) is 6.54 Å². The van der Waals surface area contributed by atoms with Crippen molar-refractivity contribution in [3.63, 3.8) is 0 Å². The molecule has 120 valence electrons. The first kappa shape index (κ1) is 20.0. The van der Waals surface area contributed by atoms with Gasteiger partial charge in [0.25, 0.3) is 0 Å². The standard InChI is InChI=1S/C15H32N4.HI/c1-5-9-17-15(16-6-2)18-12-14(4)19-10-7-13(3)8-11-19;/h13-14H,5-12H2,1-4H3,(H2,16,17,18);1H. The molecule has 1 rings (SSSR count). The van der Waals surface area contributed by atoms with Gasteiger partial charge in [-0.25, -0.2) is 0 Å². The first-order valence-corrected chi connectivity index (χ1v) is 7.93. The Balaban J connectivity index is 0.00000361. The van der Waals surface area contributed by atoms with Crippen molar-refractivity contribution in [1.29, 1.82) is 0 Å². The highest BCUT2D eigenvalue weighted by molar-refractivity contribution is 14.0. The van der Waals surface area contributed by atoms with Crippen LogP contribution in [0.15, 0.2) is 4.99 Å². The van der Waals surface area contributed by atoms with Gasteiger partial charge in [-0.2, -0.15) is 0 Å². The summed E-state index contributed by atoms with van der Waals surface area (Å²) in [5.74, 6) is 1.86. The quantitative estimate of drug-likeness (QED) is 0.412. The van der Waals surface area contributed by atoms with Crippen molar-refractivity contribution in [3.05, 3.63) is 0 Å². The first-order valence-electron chi connectivity index (χ1n) is 7.93. The average molecular weight is 396 g/mol. The van der Waals surface area contributed by atoms with Gasteiger partial charge in [0, 0.05) is 19.1 Å². The highest BCUT2D eigenvalue weighted by Gasteiger charge is 2.19. The van der Waals surface area contributed by atoms with Crippen molar-refractivity contribution >= 4 is 29.9 Å². The molecule has 1 saturated heterocycles. The van der Waals surface area contributed by atoms with Crippen molar-refractivity contribution in [2.45, 2.75) is 53.0 Å². The van der Waals surface area contributed by atoms with E-state index < -0.39 is 0 Å². The second kappa shape index (κ2) is 11.6. The molecule has 0 aromatic carbocycles. The molecule has 0 aromatic rings. The predicted octanol–water partition coefficient (Wildman–Crippen LogP) is 2.69. The summed E-state index contributed by atoms with van der Waals surface area (Å²) in [5, 5.41) is 6.66. The van der Waals surface area contributed by atoms with E-state index in [1.807, 2.05) is 0 Å². The number of nitrogens with one attached hydrogen (secondary N) is 2. The minimum absolute atomic E-state index is 0. The van der Waals surface area contributed by atoms with Crippen LogP contribution in [0.25, 0.3) is 0 Å². The lowest BCUT2D eigenvalue weighted by molar-refractivity contribution is 0.150. The zero-order valence-electron chi connectivity index (χ0n) is 13.6. The lowest BCUT2D eigenvalue weighted by atomic mass is 9.98. The van der Waals surface area contributed by atoms with Crippen LogP contribution in [-0.4, -0.2) is 49.6 Å². The van der Waals surface area contributed by atoms with E-state index in [1.54, 1.807) is 0 Å². The van der Waals surface area contributed by atoms with E-state index >= 15 is 0 Å². The molecular formula is C15H33IN4. The summed E-state index contributed by atoms with van der Waals surface area (Å²) in [6.07, 6.45) is 3.80. The lowest BCUT2D eigenvalue weighted by Gasteiger charge is -2.34. The van der Waals surface area contributed by atoms with Crippen LogP contribution in [0.1, 0.15) is 47.0 Å². The lowest BCUT2D eigenvalue weighted by Crippen LogP contribution is -2.42. The third-order valence-electron chi connectivity index (χ3n) is 3.84. The molecular weight excluding hydrogens is 363 g/mol. The first-order chi connectivity index (χ1) is 9.17. The molecule has 1 aliphatic rings. The molecule has 0 aliphatic carbocycles. The number of nitrogens with zero attached hydrogens (tertiary/aromatic N) is 2. The van der Waals surface area contributed by atoms with E-state index in [2.05, 4.69) is 43.2 Å². The summed E-state index contributed by atoms with van der Waals surface area (Å²) in [4.78, 5) is 7.27. The van der Waals surface area contributed by atoms with Crippen molar-refractivity contribution in [2.24, 2.45) is 10.9 Å². The molecule has 0 radical (unpaired) electrons. The number of piperidine rings is 1. The Kier molecular flexibility index (Phi) is 11.6. The summed E-state index contributed by atoms with van der Waals surface area (Å²) in [7, 11) is 0. The SMILES string of the molecule is CCCNC(=NCC(C)N1CCC(C)CC1)NCC.I. The molecule has 1 unspecified atom stereocenters. The topological polar surface area (TPSA) is 39.7 Å². The summed E-state index contributed by atoms with van der Waals surface area (Å²) < 4.78 is 0. The molecule has 0 bridgehead atoms. The zero-order valence-corrected chi connectivity index (χ0v) is 15.9. The molecule has 5 heteroatoms. The molecule has 0 aromatic heterocycles. The molecule has 2 N–H and O–H groups in total. The van der Waals surface area contributed by atoms with Gasteiger partial charge >= 0.3 is 0 Å². The van der Waals surface area contributed by atoms with Crippen LogP contribution >= 0.6 is 24.0 Å². The van der Waals surface area contributed by atoms with E-state index in [4.69, 9.17) is 4.99 Å². The Labute approximate surface area is 142 Å². The van der Waals surface area contributed by atoms with Crippen molar-refractivity contribution in [3.8, 4) is 0 Å². The summed E-state index contributed by atoms with van der Waals surface area (Å²) >= 11 is 0. The molecule has 20 heavy (non-hydrogen) atoms. The molecule has 0 spiro atoms. The van der Waals surface area contributed by atoms with Crippen LogP contribution in [0.5, 0.6) is 0 Å². The van der Waals surface area contributed by atoms with Crippen LogP contribution in [-0.2, 0) is 0 Å². The number of aliphatic imine (C=N–C) groups is 1. The predicted molar refractivity (Wildman–Crippen MR) is 99.1 cm³/mol. The largest absolute Gasteiger partial charge is 0.357 e. The van der Waals surface area contributed by atoms with Crippen molar-refractivity contribution < 1.29 is 0 Å². The number of guanidine groups is 1. The van der Waals surface area contributed by atoms with Gasteiger partial charge in [-0.15, -0.1) is 24.0 Å². The maximum Gasteiger partial charge on any atom is 0.191 e. The van der Waals surface area contributed by atoms with Crippen LogP contribution in [0, 0.1) is 5.92 Å². The van der Waals surface area contributed by atoms with Crippen LogP contribution in [0.4, 0.5) is 0 Å². The Morgan fingerprint density at radius 1 is 1.25 bits per heavy atom. The highest BCUT2D eigenvalue weighted by atomic mass is 127. The van der Waals surface area contributed by atoms with Gasteiger partial charge in [0.15, 0.2) is 5.96 Å². The van der Waals surface area contributed by atoms with Crippen molar-refractivity contribution in [2.75, 3.05) is 32.7 Å². The van der Waals surface area contributed by atoms with Crippen LogP contribution in [0.2, 0.25) is 0 Å². The molecule has 1 heterocycles.